The van der Waals surface area contributed by atoms with Gasteiger partial charge in [-0.2, -0.15) is 12.6 Å². The summed E-state index contributed by atoms with van der Waals surface area (Å²) < 4.78 is 25.9. The molecule has 0 bridgehead atoms. The van der Waals surface area contributed by atoms with Crippen LogP contribution in [0.2, 0.25) is 0 Å². The summed E-state index contributed by atoms with van der Waals surface area (Å²) in [5.74, 6) is -1.76. The largest absolute Gasteiger partial charge is 0.335 e. The molecule has 0 radical (unpaired) electrons. The Balaban J connectivity index is 2.22. The van der Waals surface area contributed by atoms with E-state index in [0.717, 1.165) is 12.1 Å². The summed E-state index contributed by atoms with van der Waals surface area (Å²) in [6.07, 6.45) is 0.400. The van der Waals surface area contributed by atoms with Crippen LogP contribution in [0.5, 0.6) is 0 Å². The average Bonchev–Trinajstić information content (AvgIpc) is 2.61. The molecular weight excluding hydrogens is 244 g/mol. The molecule has 0 spiro atoms. The monoisotopic (exact) mass is 257 g/mol. The Morgan fingerprint density at radius 1 is 1.41 bits per heavy atom. The zero-order valence-corrected chi connectivity index (χ0v) is 10.3. The molecule has 1 aromatic carbocycles. The van der Waals surface area contributed by atoms with Crippen molar-refractivity contribution in [2.75, 3.05) is 6.54 Å². The smallest absolute Gasteiger partial charge is 0.224 e. The van der Waals surface area contributed by atoms with Crippen molar-refractivity contribution in [1.29, 1.82) is 0 Å². The van der Waals surface area contributed by atoms with Gasteiger partial charge in [-0.05, 0) is 24.6 Å². The number of hydrogen-bond donors (Lipinski definition) is 1. The lowest BCUT2D eigenvalue weighted by atomic mass is 10.1. The maximum atomic E-state index is 13.1. The van der Waals surface area contributed by atoms with E-state index in [1.807, 2.05) is 0 Å². The van der Waals surface area contributed by atoms with E-state index >= 15 is 0 Å². The van der Waals surface area contributed by atoms with Crippen molar-refractivity contribution in [3.8, 4) is 0 Å². The predicted octanol–water partition coefficient (Wildman–Crippen LogP) is 2.56. The highest BCUT2D eigenvalue weighted by molar-refractivity contribution is 7.81. The van der Waals surface area contributed by atoms with Crippen LogP contribution in [0.3, 0.4) is 0 Å². The first-order chi connectivity index (χ1) is 7.99. The minimum Gasteiger partial charge on any atom is -0.335 e. The highest BCUT2D eigenvalue weighted by Gasteiger charge is 2.31. The fourth-order valence-electron chi connectivity index (χ4n) is 2.04. The van der Waals surface area contributed by atoms with Crippen molar-refractivity contribution in [2.24, 2.45) is 0 Å². The highest BCUT2D eigenvalue weighted by Crippen LogP contribution is 2.28. The molecule has 2 unspecified atom stereocenters. The minimum atomic E-state index is -0.886. The second-order valence-corrected chi connectivity index (χ2v) is 4.98. The van der Waals surface area contributed by atoms with E-state index in [1.165, 1.54) is 6.07 Å². The molecule has 92 valence electrons. The molecule has 1 aromatic rings. The van der Waals surface area contributed by atoms with Gasteiger partial charge in [-0.25, -0.2) is 8.78 Å². The molecule has 1 saturated heterocycles. The first-order valence-electron chi connectivity index (χ1n) is 5.41. The van der Waals surface area contributed by atoms with Crippen LogP contribution in [0.1, 0.15) is 24.9 Å². The summed E-state index contributed by atoms with van der Waals surface area (Å²) in [5, 5.41) is 0.0234. The fourth-order valence-corrected chi connectivity index (χ4v) is 2.37. The lowest BCUT2D eigenvalue weighted by Crippen LogP contribution is -2.28. The van der Waals surface area contributed by atoms with Crippen LogP contribution in [-0.4, -0.2) is 22.6 Å². The maximum absolute atomic E-state index is 13.1. The van der Waals surface area contributed by atoms with Gasteiger partial charge in [0.05, 0.1) is 6.04 Å². The molecule has 17 heavy (non-hydrogen) atoms. The first-order valence-corrected chi connectivity index (χ1v) is 5.93. The molecule has 0 saturated carbocycles. The van der Waals surface area contributed by atoms with Gasteiger partial charge in [0.15, 0.2) is 11.6 Å². The Labute approximate surface area is 104 Å². The van der Waals surface area contributed by atoms with Crippen molar-refractivity contribution in [3.05, 3.63) is 35.4 Å². The standard InChI is InChI=1S/C12H13F2NOS/c1-7(15-6-9(17)5-12(15)16)8-2-3-10(13)11(14)4-8/h2-4,7,9,17H,5-6H2,1H3. The number of carbonyl (C=O) groups is 1. The number of likely N-dealkylation sites (tertiary alicyclic amines) is 1. The van der Waals surface area contributed by atoms with E-state index < -0.39 is 11.6 Å². The van der Waals surface area contributed by atoms with Gasteiger partial charge in [0, 0.05) is 18.2 Å². The fraction of sp³-hybridized carbons (Fsp3) is 0.417. The zero-order valence-electron chi connectivity index (χ0n) is 9.36. The van der Waals surface area contributed by atoms with Crippen molar-refractivity contribution in [2.45, 2.75) is 24.6 Å². The average molecular weight is 257 g/mol. The molecule has 1 aliphatic heterocycles. The van der Waals surface area contributed by atoms with Gasteiger partial charge in [0.1, 0.15) is 0 Å². The van der Waals surface area contributed by atoms with Crippen LogP contribution in [0.4, 0.5) is 8.78 Å². The number of rotatable bonds is 2. The molecular formula is C12H13F2NOS. The summed E-state index contributed by atoms with van der Waals surface area (Å²) in [5.41, 5.74) is 0.597. The van der Waals surface area contributed by atoms with E-state index in [1.54, 1.807) is 11.8 Å². The molecule has 1 aliphatic rings. The number of thiol groups is 1. The predicted molar refractivity (Wildman–Crippen MR) is 63.9 cm³/mol. The van der Waals surface area contributed by atoms with E-state index in [2.05, 4.69) is 12.6 Å². The molecule has 1 fully saturated rings. The van der Waals surface area contributed by atoms with Crippen molar-refractivity contribution in [1.82, 2.24) is 4.90 Å². The van der Waals surface area contributed by atoms with Crippen LogP contribution < -0.4 is 0 Å². The van der Waals surface area contributed by atoms with Gasteiger partial charge in [-0.3, -0.25) is 4.79 Å². The topological polar surface area (TPSA) is 20.3 Å². The summed E-state index contributed by atoms with van der Waals surface area (Å²) in [7, 11) is 0. The molecule has 0 aliphatic carbocycles. The van der Waals surface area contributed by atoms with Gasteiger partial charge in [0.2, 0.25) is 5.91 Å². The summed E-state index contributed by atoms with van der Waals surface area (Å²) >= 11 is 4.26. The third-order valence-electron chi connectivity index (χ3n) is 3.03. The van der Waals surface area contributed by atoms with Crippen LogP contribution in [-0.2, 0) is 4.79 Å². The molecule has 2 atom stereocenters. The molecule has 0 aromatic heterocycles. The molecule has 2 rings (SSSR count). The number of benzene rings is 1. The van der Waals surface area contributed by atoms with Crippen LogP contribution in [0, 0.1) is 11.6 Å². The number of amides is 1. The Morgan fingerprint density at radius 2 is 2.12 bits per heavy atom. The zero-order chi connectivity index (χ0) is 12.6. The van der Waals surface area contributed by atoms with E-state index in [0.29, 0.717) is 18.5 Å². The van der Waals surface area contributed by atoms with Gasteiger partial charge < -0.3 is 4.90 Å². The normalized spacial score (nSPS) is 22.0. The van der Waals surface area contributed by atoms with Gasteiger partial charge in [-0.1, -0.05) is 6.07 Å². The molecule has 1 amide bonds. The number of halogens is 2. The van der Waals surface area contributed by atoms with Crippen molar-refractivity contribution in [3.63, 3.8) is 0 Å². The minimum absolute atomic E-state index is 0.00207. The third kappa shape index (κ3) is 2.44. The summed E-state index contributed by atoms with van der Waals surface area (Å²) in [6, 6.07) is 3.47. The third-order valence-corrected chi connectivity index (χ3v) is 3.38. The SMILES string of the molecule is CC(c1ccc(F)c(F)c1)N1CC(S)CC1=O. The Kier molecular flexibility index (Phi) is 3.38. The molecule has 0 N–H and O–H groups in total. The van der Waals surface area contributed by atoms with Gasteiger partial charge >= 0.3 is 0 Å². The van der Waals surface area contributed by atoms with Gasteiger partial charge in [0.25, 0.3) is 0 Å². The second-order valence-electron chi connectivity index (χ2n) is 4.25. The Morgan fingerprint density at radius 3 is 2.65 bits per heavy atom. The molecule has 1 heterocycles. The van der Waals surface area contributed by atoms with Crippen molar-refractivity contribution >= 4 is 18.5 Å². The molecule has 5 heteroatoms. The number of carbonyl (C=O) groups excluding carboxylic acids is 1. The van der Waals surface area contributed by atoms with Crippen LogP contribution in [0.25, 0.3) is 0 Å². The highest BCUT2D eigenvalue weighted by atomic mass is 32.1. The Hall–Kier alpha value is -1.10. The number of hydrogen-bond acceptors (Lipinski definition) is 2. The summed E-state index contributed by atoms with van der Waals surface area (Å²) in [4.78, 5) is 13.3. The Bertz CT molecular complexity index is 452. The van der Waals surface area contributed by atoms with E-state index in [-0.39, 0.29) is 17.2 Å². The quantitative estimate of drug-likeness (QED) is 0.807. The lowest BCUT2D eigenvalue weighted by molar-refractivity contribution is -0.129. The van der Waals surface area contributed by atoms with Crippen LogP contribution in [0.15, 0.2) is 18.2 Å². The first kappa shape index (κ1) is 12.4. The van der Waals surface area contributed by atoms with E-state index in [9.17, 15) is 13.6 Å². The maximum Gasteiger partial charge on any atom is 0.224 e. The van der Waals surface area contributed by atoms with E-state index in [4.69, 9.17) is 0 Å². The van der Waals surface area contributed by atoms with Crippen molar-refractivity contribution < 1.29 is 13.6 Å². The van der Waals surface area contributed by atoms with Gasteiger partial charge in [-0.15, -0.1) is 0 Å². The lowest BCUT2D eigenvalue weighted by Gasteiger charge is -2.24. The summed E-state index contributed by atoms with van der Waals surface area (Å²) in [6.45, 7) is 2.35. The second kappa shape index (κ2) is 4.64. The molecule has 2 nitrogen and oxygen atoms in total. The number of nitrogens with zero attached hydrogens (tertiary/aromatic N) is 1. The van der Waals surface area contributed by atoms with Crippen LogP contribution >= 0.6 is 12.6 Å².